The lowest BCUT2D eigenvalue weighted by molar-refractivity contribution is -0.114. The summed E-state index contributed by atoms with van der Waals surface area (Å²) in [6.45, 7) is 1.41. The maximum Gasteiger partial charge on any atom is 0.350 e. The van der Waals surface area contributed by atoms with Crippen molar-refractivity contribution in [2.45, 2.75) is 6.92 Å². The van der Waals surface area contributed by atoms with Crippen LogP contribution in [0.15, 0.2) is 35.7 Å². The van der Waals surface area contributed by atoms with Gasteiger partial charge in [0.25, 0.3) is 5.91 Å². The average molecular weight is 318 g/mol. The maximum absolute atomic E-state index is 12.2. The molecule has 0 fully saturated rings. The molecule has 2 aromatic rings. The number of methoxy groups -OCH3 is 1. The van der Waals surface area contributed by atoms with Crippen molar-refractivity contribution < 1.29 is 19.1 Å². The van der Waals surface area contributed by atoms with E-state index in [2.05, 4.69) is 15.4 Å². The Morgan fingerprint density at radius 2 is 1.73 bits per heavy atom. The molecule has 0 radical (unpaired) electrons. The number of thiophene rings is 1. The molecule has 1 aromatic heterocycles. The fraction of sp³-hybridized carbons (Fsp3) is 0.133. The molecule has 6 nitrogen and oxygen atoms in total. The molecule has 0 atom stereocenters. The molecular weight excluding hydrogens is 304 g/mol. The summed E-state index contributed by atoms with van der Waals surface area (Å²) in [4.78, 5) is 35.0. The summed E-state index contributed by atoms with van der Waals surface area (Å²) in [5.41, 5.74) is 1.43. The predicted molar refractivity (Wildman–Crippen MR) is 84.4 cm³/mol. The van der Waals surface area contributed by atoms with Crippen LogP contribution >= 0.6 is 11.3 Å². The van der Waals surface area contributed by atoms with E-state index >= 15 is 0 Å². The normalized spacial score (nSPS) is 9.91. The molecule has 2 N–H and O–H groups in total. The van der Waals surface area contributed by atoms with Crippen LogP contribution in [0.5, 0.6) is 0 Å². The van der Waals surface area contributed by atoms with Crippen LogP contribution in [0.4, 0.5) is 11.4 Å². The van der Waals surface area contributed by atoms with Crippen LogP contribution in [0.25, 0.3) is 0 Å². The molecule has 0 unspecified atom stereocenters. The molecule has 114 valence electrons. The average Bonchev–Trinajstić information content (AvgIpc) is 2.94. The molecule has 0 bridgehead atoms. The van der Waals surface area contributed by atoms with Gasteiger partial charge < -0.3 is 15.4 Å². The number of hydrogen-bond donors (Lipinski definition) is 2. The van der Waals surface area contributed by atoms with Gasteiger partial charge in [-0.25, -0.2) is 4.79 Å². The van der Waals surface area contributed by atoms with Gasteiger partial charge in [-0.05, 0) is 35.7 Å². The number of carbonyl (C=O) groups excluding carboxylic acids is 3. The number of rotatable bonds is 4. The fourth-order valence-electron chi connectivity index (χ4n) is 1.76. The highest BCUT2D eigenvalue weighted by Gasteiger charge is 2.16. The van der Waals surface area contributed by atoms with Crippen molar-refractivity contribution in [3.05, 3.63) is 46.2 Å². The molecule has 2 amide bonds. The van der Waals surface area contributed by atoms with Crippen LogP contribution in [0.1, 0.15) is 27.0 Å². The first-order valence-electron chi connectivity index (χ1n) is 6.36. The minimum absolute atomic E-state index is 0.182. The molecule has 0 saturated carbocycles. The smallest absolute Gasteiger partial charge is 0.350 e. The summed E-state index contributed by atoms with van der Waals surface area (Å²) in [7, 11) is 1.29. The Morgan fingerprint density at radius 1 is 1.05 bits per heavy atom. The van der Waals surface area contributed by atoms with Gasteiger partial charge in [-0.2, -0.15) is 0 Å². The molecular formula is C15H14N2O4S. The fourth-order valence-corrected chi connectivity index (χ4v) is 2.53. The summed E-state index contributed by atoms with van der Waals surface area (Å²) in [5, 5.41) is 6.98. The first-order valence-corrected chi connectivity index (χ1v) is 7.24. The molecule has 7 heteroatoms. The first-order chi connectivity index (χ1) is 10.5. The van der Waals surface area contributed by atoms with E-state index < -0.39 is 5.97 Å². The van der Waals surface area contributed by atoms with Gasteiger partial charge in [0, 0.05) is 18.2 Å². The van der Waals surface area contributed by atoms with Crippen molar-refractivity contribution in [1.82, 2.24) is 0 Å². The summed E-state index contributed by atoms with van der Waals surface area (Å²) in [6, 6.07) is 8.08. The number of nitrogens with one attached hydrogen (secondary N) is 2. The number of carbonyl (C=O) groups is 3. The number of esters is 1. The standard InChI is InChI=1S/C15H14N2O4S/c1-9(18)16-11-5-3-10(4-6-11)14(19)17-12-7-8-22-13(12)15(20)21-2/h3-8H,1-2H3,(H,16,18)(H,17,19). The lowest BCUT2D eigenvalue weighted by Crippen LogP contribution is -2.14. The van der Waals surface area contributed by atoms with Gasteiger partial charge in [-0.3, -0.25) is 9.59 Å². The van der Waals surface area contributed by atoms with Crippen molar-refractivity contribution in [2.24, 2.45) is 0 Å². The molecule has 2 rings (SSSR count). The Kier molecular flexibility index (Phi) is 4.90. The van der Waals surface area contributed by atoms with Gasteiger partial charge >= 0.3 is 5.97 Å². The molecule has 1 heterocycles. The van der Waals surface area contributed by atoms with E-state index in [0.717, 1.165) is 0 Å². The van der Waals surface area contributed by atoms with Crippen LogP contribution in [0, 0.1) is 0 Å². The molecule has 0 aliphatic carbocycles. The van der Waals surface area contributed by atoms with E-state index in [0.29, 0.717) is 21.8 Å². The lowest BCUT2D eigenvalue weighted by atomic mass is 10.2. The first kappa shape index (κ1) is 15.7. The molecule has 0 spiro atoms. The quantitative estimate of drug-likeness (QED) is 0.849. The molecule has 22 heavy (non-hydrogen) atoms. The topological polar surface area (TPSA) is 84.5 Å². The van der Waals surface area contributed by atoms with Crippen LogP contribution in [0.3, 0.4) is 0 Å². The lowest BCUT2D eigenvalue weighted by Gasteiger charge is -2.07. The van der Waals surface area contributed by atoms with Crippen LogP contribution in [-0.2, 0) is 9.53 Å². The third-order valence-corrected chi connectivity index (χ3v) is 3.65. The minimum atomic E-state index is -0.494. The zero-order chi connectivity index (χ0) is 16.1. The highest BCUT2D eigenvalue weighted by Crippen LogP contribution is 2.23. The third-order valence-electron chi connectivity index (χ3n) is 2.75. The zero-order valence-electron chi connectivity index (χ0n) is 12.0. The Balaban J connectivity index is 2.11. The zero-order valence-corrected chi connectivity index (χ0v) is 12.8. The Bertz CT molecular complexity index is 707. The number of amides is 2. The third kappa shape index (κ3) is 3.70. The molecule has 0 aliphatic rings. The predicted octanol–water partition coefficient (Wildman–Crippen LogP) is 2.75. The molecule has 1 aromatic carbocycles. The SMILES string of the molecule is COC(=O)c1sccc1NC(=O)c1ccc(NC(C)=O)cc1. The second kappa shape index (κ2) is 6.86. The van der Waals surface area contributed by atoms with Crippen molar-refractivity contribution in [3.8, 4) is 0 Å². The van der Waals surface area contributed by atoms with Crippen LogP contribution in [-0.4, -0.2) is 24.9 Å². The summed E-state index contributed by atoms with van der Waals surface area (Å²) in [5.74, 6) is -1.03. The molecule has 0 aliphatic heterocycles. The molecule has 0 saturated heterocycles. The summed E-state index contributed by atoms with van der Waals surface area (Å²) < 4.78 is 4.66. The summed E-state index contributed by atoms with van der Waals surface area (Å²) >= 11 is 1.19. The maximum atomic E-state index is 12.2. The number of hydrogen-bond acceptors (Lipinski definition) is 5. The van der Waals surface area contributed by atoms with E-state index in [1.165, 1.54) is 25.4 Å². The van der Waals surface area contributed by atoms with Gasteiger partial charge in [-0.1, -0.05) is 0 Å². The minimum Gasteiger partial charge on any atom is -0.465 e. The Morgan fingerprint density at radius 3 is 2.32 bits per heavy atom. The van der Waals surface area contributed by atoms with Crippen molar-refractivity contribution >= 4 is 40.5 Å². The second-order valence-electron chi connectivity index (χ2n) is 4.37. The van der Waals surface area contributed by atoms with E-state index in [1.54, 1.807) is 35.7 Å². The Hall–Kier alpha value is -2.67. The number of benzene rings is 1. The van der Waals surface area contributed by atoms with Gasteiger partial charge in [0.1, 0.15) is 4.88 Å². The van der Waals surface area contributed by atoms with Gasteiger partial charge in [0.05, 0.1) is 12.8 Å². The number of ether oxygens (including phenoxy) is 1. The van der Waals surface area contributed by atoms with Gasteiger partial charge in [0.2, 0.25) is 5.91 Å². The highest BCUT2D eigenvalue weighted by atomic mass is 32.1. The summed E-state index contributed by atoms with van der Waals surface area (Å²) in [6.07, 6.45) is 0. The largest absolute Gasteiger partial charge is 0.465 e. The van der Waals surface area contributed by atoms with Crippen molar-refractivity contribution in [2.75, 3.05) is 17.7 Å². The van der Waals surface area contributed by atoms with Crippen molar-refractivity contribution in [3.63, 3.8) is 0 Å². The monoisotopic (exact) mass is 318 g/mol. The number of anilines is 2. The van der Waals surface area contributed by atoms with E-state index in [-0.39, 0.29) is 11.8 Å². The highest BCUT2D eigenvalue weighted by molar-refractivity contribution is 7.12. The van der Waals surface area contributed by atoms with Crippen molar-refractivity contribution in [1.29, 1.82) is 0 Å². The van der Waals surface area contributed by atoms with E-state index in [4.69, 9.17) is 0 Å². The Labute approximate surface area is 131 Å². The second-order valence-corrected chi connectivity index (χ2v) is 5.28. The van der Waals surface area contributed by atoms with Gasteiger partial charge in [-0.15, -0.1) is 11.3 Å². The van der Waals surface area contributed by atoms with E-state index in [9.17, 15) is 14.4 Å². The van der Waals surface area contributed by atoms with Crippen LogP contribution in [0.2, 0.25) is 0 Å². The van der Waals surface area contributed by atoms with E-state index in [1.807, 2.05) is 0 Å². The van der Waals surface area contributed by atoms with Crippen LogP contribution < -0.4 is 10.6 Å². The van der Waals surface area contributed by atoms with Gasteiger partial charge in [0.15, 0.2) is 0 Å².